The molecule has 0 saturated carbocycles. The minimum atomic E-state index is 0.676. The monoisotopic (exact) mass is 868 g/mol. The van der Waals surface area contributed by atoms with E-state index in [1.165, 1.54) is 21.8 Å². The molecule has 13 rings (SSSR count). The second-order valence-electron chi connectivity index (χ2n) is 17.1. The fourth-order valence-electron chi connectivity index (χ4n) is 9.80. The zero-order chi connectivity index (χ0) is 45.0. The molecular formula is C63H40N4O. The summed E-state index contributed by atoms with van der Waals surface area (Å²) in [6.45, 7) is 0. The van der Waals surface area contributed by atoms with Crippen LogP contribution in [0, 0.1) is 0 Å². The van der Waals surface area contributed by atoms with Crippen molar-refractivity contribution in [3.63, 3.8) is 0 Å². The molecule has 0 radical (unpaired) electrons. The minimum Gasteiger partial charge on any atom is -0.453 e. The summed E-state index contributed by atoms with van der Waals surface area (Å²) in [4.78, 5) is 15.8. The van der Waals surface area contributed by atoms with E-state index in [0.717, 1.165) is 100 Å². The van der Waals surface area contributed by atoms with Gasteiger partial charge in [0.05, 0.1) is 27.9 Å². The molecule has 13 aromatic rings. The van der Waals surface area contributed by atoms with Gasteiger partial charge in [-0.3, -0.25) is 0 Å². The summed E-state index contributed by atoms with van der Waals surface area (Å²) in [5, 5.41) is 4.55. The lowest BCUT2D eigenvalue weighted by atomic mass is 9.94. The zero-order valence-corrected chi connectivity index (χ0v) is 36.8. The molecule has 0 fully saturated rings. The van der Waals surface area contributed by atoms with Gasteiger partial charge in [-0.2, -0.15) is 0 Å². The highest BCUT2D eigenvalue weighted by Gasteiger charge is 2.24. The van der Waals surface area contributed by atoms with E-state index in [9.17, 15) is 0 Å². The van der Waals surface area contributed by atoms with E-state index in [0.29, 0.717) is 5.82 Å². The Labute approximate surface area is 392 Å². The molecule has 0 amide bonds. The van der Waals surface area contributed by atoms with Gasteiger partial charge in [0.2, 0.25) is 0 Å². The van der Waals surface area contributed by atoms with Crippen molar-refractivity contribution < 1.29 is 4.42 Å². The van der Waals surface area contributed by atoms with E-state index in [1.54, 1.807) is 0 Å². The molecule has 0 bridgehead atoms. The number of para-hydroxylation sites is 2. The lowest BCUT2D eigenvalue weighted by Crippen LogP contribution is -1.98. The largest absolute Gasteiger partial charge is 0.453 e. The molecule has 4 heterocycles. The topological polar surface area (TPSA) is 56.7 Å². The molecule has 5 nitrogen and oxygen atoms in total. The standard InChI is InChI=1S/C63H40N4O/c1-5-18-43(19-6-1)58-59-52-37-36-47(39-55(52)64-60(44-20-7-2-8-21-44)62(59)68-61(58)45-22-9-3-10-23-45)41-32-34-42(35-33-41)53-40-54(66-63(65-53)46-24-11-4-12-25-46)48-26-17-27-49(38-48)67-56-30-15-13-28-50(56)51-29-14-16-31-57(51)67/h1-40H. The van der Waals surface area contributed by atoms with Crippen LogP contribution in [-0.4, -0.2) is 19.5 Å². The van der Waals surface area contributed by atoms with E-state index in [-0.39, 0.29) is 0 Å². The highest BCUT2D eigenvalue weighted by Crippen LogP contribution is 2.47. The number of fused-ring (bicyclic) bond motifs is 6. The predicted molar refractivity (Wildman–Crippen MR) is 279 cm³/mol. The summed E-state index contributed by atoms with van der Waals surface area (Å²) in [6, 6.07) is 84.8. The molecule has 0 spiro atoms. The third kappa shape index (κ3) is 6.76. The SMILES string of the molecule is c1ccc(-c2nc(-c3ccc(-c4ccc5c(c4)nc(-c4ccccc4)c4oc(-c6ccccc6)c(-c6ccccc6)c45)cc3)cc(-c3cccc(-n4c5ccccc5c5ccccc54)c3)n2)cc1. The third-order valence-electron chi connectivity index (χ3n) is 13.0. The average molecular weight is 869 g/mol. The number of pyridine rings is 1. The lowest BCUT2D eigenvalue weighted by Gasteiger charge is -2.13. The van der Waals surface area contributed by atoms with Gasteiger partial charge in [0, 0.05) is 60.6 Å². The first kappa shape index (κ1) is 39.2. The number of nitrogens with zero attached hydrogens (tertiary/aromatic N) is 4. The van der Waals surface area contributed by atoms with Crippen LogP contribution in [0.2, 0.25) is 0 Å². The third-order valence-corrected chi connectivity index (χ3v) is 13.0. The van der Waals surface area contributed by atoms with Crippen LogP contribution in [0.15, 0.2) is 247 Å². The molecule has 0 saturated heterocycles. The summed E-state index contributed by atoms with van der Waals surface area (Å²) in [7, 11) is 0. The van der Waals surface area contributed by atoms with E-state index in [1.807, 2.05) is 30.3 Å². The second kappa shape index (κ2) is 16.4. The number of hydrogen-bond acceptors (Lipinski definition) is 4. The molecule has 0 aliphatic carbocycles. The fraction of sp³-hybridized carbons (Fsp3) is 0. The number of rotatable bonds is 8. The van der Waals surface area contributed by atoms with Gasteiger partial charge in [0.25, 0.3) is 0 Å². The van der Waals surface area contributed by atoms with Crippen molar-refractivity contribution in [3.05, 3.63) is 243 Å². The molecule has 0 aliphatic heterocycles. The van der Waals surface area contributed by atoms with Gasteiger partial charge in [-0.15, -0.1) is 0 Å². The van der Waals surface area contributed by atoms with Gasteiger partial charge in [0.15, 0.2) is 11.4 Å². The summed E-state index contributed by atoms with van der Waals surface area (Å²) < 4.78 is 9.30. The molecule has 0 unspecified atom stereocenters. The highest BCUT2D eigenvalue weighted by molar-refractivity contribution is 6.18. The van der Waals surface area contributed by atoms with Crippen molar-refractivity contribution in [3.8, 4) is 84.4 Å². The van der Waals surface area contributed by atoms with E-state index in [2.05, 4.69) is 217 Å². The maximum atomic E-state index is 6.96. The zero-order valence-electron chi connectivity index (χ0n) is 36.8. The van der Waals surface area contributed by atoms with E-state index >= 15 is 0 Å². The Morgan fingerprint density at radius 2 is 0.868 bits per heavy atom. The van der Waals surface area contributed by atoms with Crippen molar-refractivity contribution >= 4 is 43.7 Å². The van der Waals surface area contributed by atoms with Crippen molar-refractivity contribution in [2.75, 3.05) is 0 Å². The van der Waals surface area contributed by atoms with Gasteiger partial charge in [0.1, 0.15) is 11.5 Å². The number of aromatic nitrogens is 4. The van der Waals surface area contributed by atoms with Crippen LogP contribution in [0.3, 0.4) is 0 Å². The second-order valence-corrected chi connectivity index (χ2v) is 17.1. The van der Waals surface area contributed by atoms with Gasteiger partial charge in [-0.05, 0) is 53.1 Å². The molecular weight excluding hydrogens is 829 g/mol. The smallest absolute Gasteiger partial charge is 0.162 e. The molecule has 0 N–H and O–H groups in total. The Kier molecular flexibility index (Phi) is 9.43. The predicted octanol–water partition coefficient (Wildman–Crippen LogP) is 16.5. The van der Waals surface area contributed by atoms with Crippen LogP contribution in [-0.2, 0) is 0 Å². The van der Waals surface area contributed by atoms with Crippen molar-refractivity contribution in [2.45, 2.75) is 0 Å². The first-order valence-corrected chi connectivity index (χ1v) is 22.9. The van der Waals surface area contributed by atoms with Crippen molar-refractivity contribution in [2.24, 2.45) is 0 Å². The Hall–Kier alpha value is -9.19. The summed E-state index contributed by atoms with van der Waals surface area (Å²) in [5.74, 6) is 1.51. The summed E-state index contributed by atoms with van der Waals surface area (Å²) >= 11 is 0. The van der Waals surface area contributed by atoms with Gasteiger partial charge >= 0.3 is 0 Å². The van der Waals surface area contributed by atoms with Crippen molar-refractivity contribution in [1.29, 1.82) is 0 Å². The molecule has 9 aromatic carbocycles. The first-order valence-electron chi connectivity index (χ1n) is 22.9. The molecule has 0 atom stereocenters. The van der Waals surface area contributed by atoms with E-state index in [4.69, 9.17) is 19.4 Å². The Bertz CT molecular complexity index is 3940. The van der Waals surface area contributed by atoms with Gasteiger partial charge in [-0.1, -0.05) is 206 Å². The average Bonchev–Trinajstić information content (AvgIpc) is 3.99. The van der Waals surface area contributed by atoms with E-state index < -0.39 is 0 Å². The lowest BCUT2D eigenvalue weighted by molar-refractivity contribution is 0.632. The van der Waals surface area contributed by atoms with Crippen LogP contribution in [0.25, 0.3) is 128 Å². The fourth-order valence-corrected chi connectivity index (χ4v) is 9.80. The summed E-state index contributed by atoms with van der Waals surface area (Å²) in [5.41, 5.74) is 16.9. The summed E-state index contributed by atoms with van der Waals surface area (Å²) in [6.07, 6.45) is 0. The molecule has 0 aliphatic rings. The van der Waals surface area contributed by atoms with Crippen LogP contribution >= 0.6 is 0 Å². The van der Waals surface area contributed by atoms with Gasteiger partial charge in [-0.25, -0.2) is 15.0 Å². The van der Waals surface area contributed by atoms with Crippen LogP contribution < -0.4 is 0 Å². The molecule has 318 valence electrons. The molecule has 68 heavy (non-hydrogen) atoms. The maximum Gasteiger partial charge on any atom is 0.162 e. The maximum absolute atomic E-state index is 6.96. The molecule has 4 aromatic heterocycles. The minimum absolute atomic E-state index is 0.676. The first-order chi connectivity index (χ1) is 33.7. The highest BCUT2D eigenvalue weighted by atomic mass is 16.3. The number of hydrogen-bond donors (Lipinski definition) is 0. The number of benzene rings is 9. The van der Waals surface area contributed by atoms with Crippen molar-refractivity contribution in [1.82, 2.24) is 19.5 Å². The van der Waals surface area contributed by atoms with Crippen LogP contribution in [0.5, 0.6) is 0 Å². The van der Waals surface area contributed by atoms with Gasteiger partial charge < -0.3 is 8.98 Å². The Morgan fingerprint density at radius 3 is 1.53 bits per heavy atom. The normalized spacial score (nSPS) is 11.5. The Balaban J connectivity index is 0.925. The van der Waals surface area contributed by atoms with Crippen LogP contribution in [0.4, 0.5) is 0 Å². The quantitative estimate of drug-likeness (QED) is 0.153. The molecule has 5 heteroatoms. The number of furan rings is 1. The Morgan fingerprint density at radius 1 is 0.338 bits per heavy atom. The van der Waals surface area contributed by atoms with Crippen LogP contribution in [0.1, 0.15) is 0 Å².